The minimum atomic E-state index is -0.509. The maximum atomic E-state index is 13.2. The highest BCUT2D eigenvalue weighted by atomic mass is 16.6. The monoisotopic (exact) mass is 600 g/mol. The fourth-order valence-corrected chi connectivity index (χ4v) is 6.59. The molecule has 0 bridgehead atoms. The van der Waals surface area contributed by atoms with E-state index in [2.05, 4.69) is 43.3 Å². The third kappa shape index (κ3) is 5.98. The number of pyridine rings is 2. The first-order chi connectivity index (χ1) is 21.3. The highest BCUT2D eigenvalue weighted by molar-refractivity contribution is 5.69. The Morgan fingerprint density at radius 1 is 1.05 bits per heavy atom. The van der Waals surface area contributed by atoms with Crippen LogP contribution in [-0.4, -0.2) is 93.5 Å². The number of aromatic nitrogens is 5. The molecule has 3 saturated heterocycles. The molecule has 11 heteroatoms. The van der Waals surface area contributed by atoms with E-state index in [1.807, 2.05) is 55.1 Å². The molecule has 11 nitrogen and oxygen atoms in total. The summed E-state index contributed by atoms with van der Waals surface area (Å²) in [6.07, 6.45) is 14.4. The van der Waals surface area contributed by atoms with Crippen molar-refractivity contribution < 1.29 is 14.3 Å². The standard InChI is InChI=1S/C33H44N8O3/c1-32(2,3)44-31(42)40(19-24-8-9-24)27-7-6-14-39(20-27)30-11-10-26(17-35-30)33(22-43-23-33)41-21-29(36-37-41)25-15-28(18-34-16-25)38-12-4-5-13-38/h10-11,15-18,21,24,27H,4-9,12-14,19-20,22-23H2,1-3H3/t27-/m1/s1. The zero-order valence-corrected chi connectivity index (χ0v) is 26.2. The molecule has 1 aliphatic carbocycles. The molecule has 1 amide bonds. The number of rotatable bonds is 8. The summed E-state index contributed by atoms with van der Waals surface area (Å²) in [7, 11) is 0. The average molecular weight is 601 g/mol. The third-order valence-corrected chi connectivity index (χ3v) is 9.33. The Kier molecular flexibility index (Phi) is 7.68. The van der Waals surface area contributed by atoms with Crippen molar-refractivity contribution in [2.24, 2.45) is 5.92 Å². The van der Waals surface area contributed by atoms with Crippen LogP contribution in [0, 0.1) is 5.92 Å². The molecule has 4 fully saturated rings. The molecule has 0 N–H and O–H groups in total. The fraction of sp³-hybridized carbons (Fsp3) is 0.606. The van der Waals surface area contributed by atoms with E-state index < -0.39 is 11.1 Å². The van der Waals surface area contributed by atoms with E-state index >= 15 is 0 Å². The smallest absolute Gasteiger partial charge is 0.410 e. The average Bonchev–Trinajstić information content (AvgIpc) is 3.41. The molecule has 1 saturated carbocycles. The summed E-state index contributed by atoms with van der Waals surface area (Å²) in [6, 6.07) is 6.51. The van der Waals surface area contributed by atoms with Gasteiger partial charge in [0.2, 0.25) is 0 Å². The van der Waals surface area contributed by atoms with Crippen LogP contribution < -0.4 is 9.80 Å². The first kappa shape index (κ1) is 29.0. The molecule has 0 unspecified atom stereocenters. The van der Waals surface area contributed by atoms with Crippen LogP contribution in [0.25, 0.3) is 11.3 Å². The number of anilines is 2. The molecule has 3 aromatic rings. The van der Waals surface area contributed by atoms with Gasteiger partial charge >= 0.3 is 6.09 Å². The highest BCUT2D eigenvalue weighted by Gasteiger charge is 2.44. The molecule has 0 spiro atoms. The van der Waals surface area contributed by atoms with Gasteiger partial charge < -0.3 is 24.2 Å². The summed E-state index contributed by atoms with van der Waals surface area (Å²) in [6.45, 7) is 11.4. The minimum absolute atomic E-state index is 0.110. The van der Waals surface area contributed by atoms with Crippen LogP contribution in [0.4, 0.5) is 16.3 Å². The van der Waals surface area contributed by atoms with Gasteiger partial charge in [0.05, 0.1) is 37.3 Å². The number of hydrogen-bond donors (Lipinski definition) is 0. The van der Waals surface area contributed by atoms with Crippen LogP contribution in [0.5, 0.6) is 0 Å². The van der Waals surface area contributed by atoms with Crippen LogP contribution >= 0.6 is 0 Å². The van der Waals surface area contributed by atoms with Crippen LogP contribution in [-0.2, 0) is 15.0 Å². The second-order valence-corrected chi connectivity index (χ2v) is 13.9. The molecule has 0 aromatic carbocycles. The van der Waals surface area contributed by atoms with Crippen molar-refractivity contribution in [1.82, 2.24) is 29.9 Å². The first-order valence-corrected chi connectivity index (χ1v) is 16.2. The van der Waals surface area contributed by atoms with Gasteiger partial charge in [-0.05, 0) is 77.3 Å². The van der Waals surface area contributed by atoms with Crippen LogP contribution in [0.1, 0.15) is 64.9 Å². The lowest BCUT2D eigenvalue weighted by Crippen LogP contribution is -2.53. The molecule has 1 atom stereocenters. The highest BCUT2D eigenvalue weighted by Crippen LogP contribution is 2.36. The van der Waals surface area contributed by atoms with E-state index in [0.29, 0.717) is 19.1 Å². The fourth-order valence-electron chi connectivity index (χ4n) is 6.59. The van der Waals surface area contributed by atoms with Crippen molar-refractivity contribution in [3.63, 3.8) is 0 Å². The van der Waals surface area contributed by atoms with Gasteiger partial charge in [-0.3, -0.25) is 4.98 Å². The van der Waals surface area contributed by atoms with Crippen molar-refractivity contribution in [3.05, 3.63) is 48.5 Å². The Labute approximate surface area is 259 Å². The third-order valence-electron chi connectivity index (χ3n) is 9.33. The predicted molar refractivity (Wildman–Crippen MR) is 168 cm³/mol. The molecule has 4 aliphatic rings. The number of amides is 1. The van der Waals surface area contributed by atoms with Gasteiger partial charge in [-0.2, -0.15) is 0 Å². The van der Waals surface area contributed by atoms with Gasteiger partial charge in [-0.15, -0.1) is 5.10 Å². The topological polar surface area (TPSA) is 102 Å². The summed E-state index contributed by atoms with van der Waals surface area (Å²) in [4.78, 5) is 29.3. The normalized spacial score (nSPS) is 21.7. The van der Waals surface area contributed by atoms with Gasteiger partial charge in [0.1, 0.15) is 22.7 Å². The summed E-state index contributed by atoms with van der Waals surface area (Å²) in [5.74, 6) is 1.52. The lowest BCUT2D eigenvalue weighted by molar-refractivity contribution is -0.0831. The van der Waals surface area contributed by atoms with Crippen LogP contribution in [0.2, 0.25) is 0 Å². The minimum Gasteiger partial charge on any atom is -0.444 e. The van der Waals surface area contributed by atoms with Crippen LogP contribution in [0.3, 0.4) is 0 Å². The molecule has 3 aliphatic heterocycles. The van der Waals surface area contributed by atoms with E-state index in [1.54, 1.807) is 0 Å². The summed E-state index contributed by atoms with van der Waals surface area (Å²) >= 11 is 0. The number of piperidine rings is 1. The van der Waals surface area contributed by atoms with Crippen LogP contribution in [0.15, 0.2) is 43.0 Å². The Morgan fingerprint density at radius 2 is 1.84 bits per heavy atom. The van der Waals surface area contributed by atoms with Gasteiger partial charge in [-0.1, -0.05) is 11.3 Å². The Morgan fingerprint density at radius 3 is 2.52 bits per heavy atom. The number of ether oxygens (including phenoxy) is 2. The van der Waals surface area contributed by atoms with Gasteiger partial charge in [-0.25, -0.2) is 14.5 Å². The number of nitrogens with zero attached hydrogens (tertiary/aromatic N) is 8. The number of hydrogen-bond acceptors (Lipinski definition) is 9. The van der Waals surface area contributed by atoms with E-state index in [0.717, 1.165) is 73.9 Å². The summed E-state index contributed by atoms with van der Waals surface area (Å²) in [5.41, 5.74) is 2.99. The molecular weight excluding hydrogens is 556 g/mol. The molecule has 44 heavy (non-hydrogen) atoms. The molecule has 3 aromatic heterocycles. The number of carbonyl (C=O) groups excluding carboxylic acids is 1. The zero-order chi connectivity index (χ0) is 30.3. The van der Waals surface area contributed by atoms with E-state index in [4.69, 9.17) is 14.5 Å². The van der Waals surface area contributed by atoms with Gasteiger partial charge in [0.15, 0.2) is 0 Å². The van der Waals surface area contributed by atoms with Crippen molar-refractivity contribution in [3.8, 4) is 11.3 Å². The zero-order valence-electron chi connectivity index (χ0n) is 26.2. The summed E-state index contributed by atoms with van der Waals surface area (Å²) in [5, 5.41) is 9.09. The van der Waals surface area contributed by atoms with E-state index in [1.165, 1.54) is 25.7 Å². The SMILES string of the molecule is CC(C)(C)OC(=O)N(CC1CC1)[C@@H]1CCCN(c2ccc(C3(n4cc(-c5cncc(N6CCCC6)c5)nn4)COC3)cn2)C1. The van der Waals surface area contributed by atoms with Crippen molar-refractivity contribution in [2.75, 3.05) is 55.7 Å². The number of carbonyl (C=O) groups is 1. The van der Waals surface area contributed by atoms with Crippen molar-refractivity contribution in [1.29, 1.82) is 0 Å². The molecule has 7 rings (SSSR count). The lowest BCUT2D eigenvalue weighted by atomic mass is 9.89. The largest absolute Gasteiger partial charge is 0.444 e. The quantitative estimate of drug-likeness (QED) is 0.363. The Balaban J connectivity index is 1.06. The molecule has 234 valence electrons. The predicted octanol–water partition coefficient (Wildman–Crippen LogP) is 4.73. The maximum absolute atomic E-state index is 13.2. The molecule has 6 heterocycles. The lowest BCUT2D eigenvalue weighted by Gasteiger charge is -2.42. The first-order valence-electron chi connectivity index (χ1n) is 16.2. The second-order valence-electron chi connectivity index (χ2n) is 13.9. The van der Waals surface area contributed by atoms with Gasteiger partial charge in [0, 0.05) is 56.2 Å². The Hall–Kier alpha value is -3.73. The molecule has 0 radical (unpaired) electrons. The van der Waals surface area contributed by atoms with E-state index in [9.17, 15) is 4.79 Å². The van der Waals surface area contributed by atoms with Gasteiger partial charge in [0.25, 0.3) is 0 Å². The van der Waals surface area contributed by atoms with E-state index in [-0.39, 0.29) is 12.1 Å². The molecular formula is C33H44N8O3. The second kappa shape index (κ2) is 11.6. The summed E-state index contributed by atoms with van der Waals surface area (Å²) < 4.78 is 13.5. The maximum Gasteiger partial charge on any atom is 0.410 e. The van der Waals surface area contributed by atoms with Crippen molar-refractivity contribution >= 4 is 17.6 Å². The van der Waals surface area contributed by atoms with Crippen molar-refractivity contribution in [2.45, 2.75) is 76.5 Å². The Bertz CT molecular complexity index is 1450.